The van der Waals surface area contributed by atoms with Crippen LogP contribution in [0.1, 0.15) is 41.3 Å². The molecule has 0 saturated carbocycles. The maximum Gasteiger partial charge on any atom is 0.0557 e. The number of aryl methyl sites for hydroxylation is 1. The lowest BCUT2D eigenvalue weighted by Gasteiger charge is -2.10. The van der Waals surface area contributed by atoms with Crippen molar-refractivity contribution >= 4 is 23.2 Å². The molecule has 2 atom stereocenters. The Morgan fingerprint density at radius 1 is 0.923 bits per heavy atom. The van der Waals surface area contributed by atoms with E-state index in [1.54, 1.807) is 0 Å². The summed E-state index contributed by atoms with van der Waals surface area (Å²) in [6, 6.07) is 6.27. The second-order valence-corrected chi connectivity index (χ2v) is 4.72. The molecular formula is C11H14Cl2. The van der Waals surface area contributed by atoms with E-state index >= 15 is 0 Å². The van der Waals surface area contributed by atoms with Crippen molar-refractivity contribution in [3.05, 3.63) is 34.9 Å². The van der Waals surface area contributed by atoms with Gasteiger partial charge in [-0.2, -0.15) is 0 Å². The highest BCUT2D eigenvalue weighted by atomic mass is 35.5. The van der Waals surface area contributed by atoms with Crippen LogP contribution >= 0.6 is 23.2 Å². The molecule has 0 N–H and O–H groups in total. The van der Waals surface area contributed by atoms with Gasteiger partial charge in [-0.25, -0.2) is 0 Å². The molecule has 0 aliphatic heterocycles. The van der Waals surface area contributed by atoms with E-state index in [-0.39, 0.29) is 10.8 Å². The summed E-state index contributed by atoms with van der Waals surface area (Å²) in [4.78, 5) is 0. The topological polar surface area (TPSA) is 0 Å². The molecule has 1 aromatic rings. The smallest absolute Gasteiger partial charge is 0.0557 e. The van der Waals surface area contributed by atoms with Gasteiger partial charge in [-0.1, -0.05) is 23.8 Å². The minimum atomic E-state index is 0.0501. The quantitative estimate of drug-likeness (QED) is 0.635. The summed E-state index contributed by atoms with van der Waals surface area (Å²) in [7, 11) is 0. The largest absolute Gasteiger partial charge is 0.118 e. The molecule has 0 aromatic heterocycles. The van der Waals surface area contributed by atoms with Crippen LogP contribution in [0.5, 0.6) is 0 Å². The first-order valence-electron chi connectivity index (χ1n) is 4.40. The molecule has 0 radical (unpaired) electrons. The van der Waals surface area contributed by atoms with Gasteiger partial charge in [0.2, 0.25) is 0 Å². The van der Waals surface area contributed by atoms with Crippen molar-refractivity contribution in [3.63, 3.8) is 0 Å². The standard InChI is InChI=1S/C11H14Cl2/c1-7-4-10(8(2)12)6-11(5-7)9(3)13/h4-6,8-9H,1-3H3. The fourth-order valence-electron chi connectivity index (χ4n) is 1.30. The van der Waals surface area contributed by atoms with Crippen LogP contribution in [0.3, 0.4) is 0 Å². The molecule has 0 aliphatic rings. The molecule has 0 fully saturated rings. The Bertz CT molecular complexity index is 264. The van der Waals surface area contributed by atoms with Crippen LogP contribution in [0.2, 0.25) is 0 Å². The first-order chi connectivity index (χ1) is 6.00. The predicted molar refractivity (Wildman–Crippen MR) is 59.7 cm³/mol. The molecule has 0 heterocycles. The summed E-state index contributed by atoms with van der Waals surface area (Å²) in [5.41, 5.74) is 3.50. The maximum atomic E-state index is 6.01. The molecule has 0 amide bonds. The normalized spacial score (nSPS) is 15.5. The molecule has 0 nitrogen and oxygen atoms in total. The van der Waals surface area contributed by atoms with Gasteiger partial charge in [0.15, 0.2) is 0 Å². The Labute approximate surface area is 89.9 Å². The van der Waals surface area contributed by atoms with E-state index in [4.69, 9.17) is 23.2 Å². The fraction of sp³-hybridized carbons (Fsp3) is 0.455. The summed E-state index contributed by atoms with van der Waals surface area (Å²) < 4.78 is 0. The molecule has 0 spiro atoms. The molecule has 13 heavy (non-hydrogen) atoms. The van der Waals surface area contributed by atoms with Crippen molar-refractivity contribution in [1.82, 2.24) is 0 Å². The van der Waals surface area contributed by atoms with E-state index in [0.717, 1.165) is 11.1 Å². The highest BCUT2D eigenvalue weighted by Gasteiger charge is 2.06. The van der Waals surface area contributed by atoms with Gasteiger partial charge in [0, 0.05) is 0 Å². The van der Waals surface area contributed by atoms with Crippen LogP contribution in [0, 0.1) is 6.92 Å². The minimum Gasteiger partial charge on any atom is -0.118 e. The van der Waals surface area contributed by atoms with E-state index in [1.165, 1.54) is 5.56 Å². The van der Waals surface area contributed by atoms with E-state index < -0.39 is 0 Å². The molecule has 0 bridgehead atoms. The number of rotatable bonds is 2. The van der Waals surface area contributed by atoms with Gasteiger partial charge in [-0.3, -0.25) is 0 Å². The summed E-state index contributed by atoms with van der Waals surface area (Å²) in [5.74, 6) is 0. The number of benzene rings is 1. The van der Waals surface area contributed by atoms with E-state index in [9.17, 15) is 0 Å². The highest BCUT2D eigenvalue weighted by Crippen LogP contribution is 2.27. The zero-order valence-corrected chi connectivity index (χ0v) is 9.65. The van der Waals surface area contributed by atoms with Crippen LogP contribution in [0.25, 0.3) is 0 Å². The lowest BCUT2D eigenvalue weighted by molar-refractivity contribution is 1.03. The highest BCUT2D eigenvalue weighted by molar-refractivity contribution is 6.21. The molecule has 72 valence electrons. The van der Waals surface area contributed by atoms with Crippen molar-refractivity contribution in [2.45, 2.75) is 31.5 Å². The molecular weight excluding hydrogens is 203 g/mol. The number of hydrogen-bond acceptors (Lipinski definition) is 0. The predicted octanol–water partition coefficient (Wildman–Crippen LogP) is 4.59. The third-order valence-electron chi connectivity index (χ3n) is 2.04. The Hall–Kier alpha value is -0.200. The number of hydrogen-bond donors (Lipinski definition) is 0. The Morgan fingerprint density at radius 3 is 1.62 bits per heavy atom. The van der Waals surface area contributed by atoms with Gasteiger partial charge >= 0.3 is 0 Å². The van der Waals surface area contributed by atoms with E-state index in [2.05, 4.69) is 25.1 Å². The van der Waals surface area contributed by atoms with Crippen LogP contribution < -0.4 is 0 Å². The average molecular weight is 217 g/mol. The van der Waals surface area contributed by atoms with Gasteiger partial charge < -0.3 is 0 Å². The Morgan fingerprint density at radius 2 is 1.31 bits per heavy atom. The van der Waals surface area contributed by atoms with Crippen LogP contribution in [-0.2, 0) is 0 Å². The second-order valence-electron chi connectivity index (χ2n) is 3.41. The lowest BCUT2D eigenvalue weighted by Crippen LogP contribution is -1.91. The van der Waals surface area contributed by atoms with E-state index in [1.807, 2.05) is 13.8 Å². The lowest BCUT2D eigenvalue weighted by atomic mass is 10.0. The average Bonchev–Trinajstić information content (AvgIpc) is 2.03. The van der Waals surface area contributed by atoms with Crippen LogP contribution in [-0.4, -0.2) is 0 Å². The van der Waals surface area contributed by atoms with Gasteiger partial charge in [0.1, 0.15) is 0 Å². The van der Waals surface area contributed by atoms with Crippen LogP contribution in [0.15, 0.2) is 18.2 Å². The van der Waals surface area contributed by atoms with Crippen LogP contribution in [0.4, 0.5) is 0 Å². The molecule has 2 unspecified atom stereocenters. The first kappa shape index (κ1) is 10.9. The Kier molecular flexibility index (Phi) is 3.63. The third kappa shape index (κ3) is 2.89. The third-order valence-corrected chi connectivity index (χ3v) is 2.54. The zero-order valence-electron chi connectivity index (χ0n) is 8.14. The Balaban J connectivity index is 3.11. The van der Waals surface area contributed by atoms with Crippen molar-refractivity contribution in [3.8, 4) is 0 Å². The molecule has 1 aromatic carbocycles. The summed E-state index contributed by atoms with van der Waals surface area (Å²) in [5, 5.41) is 0.100. The van der Waals surface area contributed by atoms with Gasteiger partial charge in [-0.05, 0) is 31.9 Å². The fourth-order valence-corrected chi connectivity index (χ4v) is 1.55. The van der Waals surface area contributed by atoms with Gasteiger partial charge in [-0.15, -0.1) is 23.2 Å². The van der Waals surface area contributed by atoms with Crippen molar-refractivity contribution < 1.29 is 0 Å². The number of halogens is 2. The molecule has 2 heteroatoms. The summed E-state index contributed by atoms with van der Waals surface area (Å²) in [6.45, 7) is 6.00. The zero-order chi connectivity index (χ0) is 10.0. The van der Waals surface area contributed by atoms with Crippen molar-refractivity contribution in [2.75, 3.05) is 0 Å². The van der Waals surface area contributed by atoms with E-state index in [0.29, 0.717) is 0 Å². The summed E-state index contributed by atoms with van der Waals surface area (Å²) >= 11 is 12.0. The molecule has 0 saturated heterocycles. The maximum absolute atomic E-state index is 6.01. The van der Waals surface area contributed by atoms with Gasteiger partial charge in [0.05, 0.1) is 10.8 Å². The van der Waals surface area contributed by atoms with Crippen molar-refractivity contribution in [2.24, 2.45) is 0 Å². The van der Waals surface area contributed by atoms with Crippen molar-refractivity contribution in [1.29, 1.82) is 0 Å². The monoisotopic (exact) mass is 216 g/mol. The van der Waals surface area contributed by atoms with Gasteiger partial charge in [0.25, 0.3) is 0 Å². The minimum absolute atomic E-state index is 0.0501. The first-order valence-corrected chi connectivity index (χ1v) is 5.27. The number of alkyl halides is 2. The SMILES string of the molecule is Cc1cc(C(C)Cl)cc(C(C)Cl)c1. The molecule has 1 rings (SSSR count). The second kappa shape index (κ2) is 4.34. The molecule has 0 aliphatic carbocycles. The summed E-state index contributed by atoms with van der Waals surface area (Å²) in [6.07, 6.45) is 0.